The fourth-order valence-electron chi connectivity index (χ4n) is 4.81. The molecule has 0 radical (unpaired) electrons. The highest BCUT2D eigenvalue weighted by Crippen LogP contribution is 2.45. The number of nitrogens with zero attached hydrogens (tertiary/aromatic N) is 4. The van der Waals surface area contributed by atoms with E-state index in [-0.39, 0.29) is 42.2 Å². The average molecular weight is 519 g/mol. The summed E-state index contributed by atoms with van der Waals surface area (Å²) in [6, 6.07) is 9.03. The third-order valence-corrected chi connectivity index (χ3v) is 8.59. The molecule has 2 aliphatic rings. The Morgan fingerprint density at radius 2 is 1.97 bits per heavy atom. The first-order valence-corrected chi connectivity index (χ1v) is 13.0. The number of ether oxygens (including phenoxy) is 1. The van der Waals surface area contributed by atoms with Gasteiger partial charge in [0, 0.05) is 24.7 Å². The van der Waals surface area contributed by atoms with E-state index in [2.05, 4.69) is 10.1 Å². The molecule has 5 rings (SSSR count). The van der Waals surface area contributed by atoms with Gasteiger partial charge in [-0.15, -0.1) is 0 Å². The number of aromatic nitrogens is 3. The monoisotopic (exact) mass is 518 g/mol. The van der Waals surface area contributed by atoms with Crippen LogP contribution in [0.3, 0.4) is 0 Å². The molecule has 2 aromatic heterocycles. The van der Waals surface area contributed by atoms with E-state index in [1.165, 1.54) is 34.8 Å². The average Bonchev–Trinajstić information content (AvgIpc) is 3.25. The van der Waals surface area contributed by atoms with Gasteiger partial charge in [0.05, 0.1) is 37.4 Å². The van der Waals surface area contributed by atoms with Crippen LogP contribution in [-0.2, 0) is 21.2 Å². The second kappa shape index (κ2) is 9.44. The third-order valence-electron chi connectivity index (χ3n) is 6.54. The number of hydrogen-bond acceptors (Lipinski definition) is 6. The summed E-state index contributed by atoms with van der Waals surface area (Å²) in [7, 11) is -3.79. The number of aliphatic hydroxyl groups excluding tert-OH is 1. The summed E-state index contributed by atoms with van der Waals surface area (Å²) in [6.07, 6.45) is 6.10. The number of benzene rings is 1. The van der Waals surface area contributed by atoms with Crippen LogP contribution in [0.2, 0.25) is 5.15 Å². The van der Waals surface area contributed by atoms with Crippen LogP contribution in [0.1, 0.15) is 17.7 Å². The number of hydrogen-bond donors (Lipinski definition) is 1. The van der Waals surface area contributed by atoms with E-state index in [0.29, 0.717) is 19.4 Å². The molecule has 1 fully saturated rings. The molecule has 3 heterocycles. The zero-order valence-electron chi connectivity index (χ0n) is 18.8. The predicted octanol–water partition coefficient (Wildman–Crippen LogP) is 3.09. The summed E-state index contributed by atoms with van der Waals surface area (Å²) in [4.78, 5) is 4.01. The van der Waals surface area contributed by atoms with Gasteiger partial charge in [0.25, 0.3) is 0 Å². The fourth-order valence-corrected chi connectivity index (χ4v) is 6.40. The number of fused-ring (bicyclic) bond motifs is 2. The summed E-state index contributed by atoms with van der Waals surface area (Å²) in [5.74, 6) is -0.322. The second-order valence-electron chi connectivity index (χ2n) is 8.75. The minimum atomic E-state index is -3.79. The lowest BCUT2D eigenvalue weighted by Crippen LogP contribution is -2.51. The summed E-state index contributed by atoms with van der Waals surface area (Å²) >= 11 is 5.84. The maximum Gasteiger partial charge on any atom is 0.244 e. The van der Waals surface area contributed by atoms with Gasteiger partial charge in [0.1, 0.15) is 15.9 Å². The van der Waals surface area contributed by atoms with E-state index in [4.69, 9.17) is 16.3 Å². The van der Waals surface area contributed by atoms with Crippen molar-refractivity contribution in [3.05, 3.63) is 76.6 Å². The molecule has 8 nitrogen and oxygen atoms in total. The van der Waals surface area contributed by atoms with Crippen LogP contribution in [0, 0.1) is 11.2 Å². The van der Waals surface area contributed by atoms with Crippen LogP contribution in [0.15, 0.2) is 59.3 Å². The van der Waals surface area contributed by atoms with Crippen LogP contribution < -0.4 is 0 Å². The lowest BCUT2D eigenvalue weighted by molar-refractivity contribution is 0.0236. The van der Waals surface area contributed by atoms with Crippen LogP contribution in [0.25, 0.3) is 11.8 Å². The first-order valence-electron chi connectivity index (χ1n) is 11.2. The molecular formula is C24H24ClFN4O4S. The number of rotatable bonds is 7. The molecule has 1 N–H and O–H groups in total. The second-order valence-corrected chi connectivity index (χ2v) is 11.1. The predicted molar refractivity (Wildman–Crippen MR) is 128 cm³/mol. The first-order chi connectivity index (χ1) is 16.8. The van der Waals surface area contributed by atoms with Gasteiger partial charge in [-0.3, -0.25) is 0 Å². The topological polar surface area (TPSA) is 97.6 Å². The first kappa shape index (κ1) is 24.1. The van der Waals surface area contributed by atoms with Crippen molar-refractivity contribution < 1.29 is 22.7 Å². The molecule has 1 aliphatic carbocycles. The maximum absolute atomic E-state index is 13.4. The number of pyridine rings is 1. The minimum Gasteiger partial charge on any atom is -0.394 e. The van der Waals surface area contributed by atoms with Crippen LogP contribution in [-0.4, -0.2) is 65.5 Å². The lowest BCUT2D eigenvalue weighted by atomic mass is 9.69. The summed E-state index contributed by atoms with van der Waals surface area (Å²) in [5, 5.41) is 14.0. The van der Waals surface area contributed by atoms with E-state index >= 15 is 0 Å². The summed E-state index contributed by atoms with van der Waals surface area (Å²) in [5.41, 5.74) is 3.03. The number of aliphatic hydroxyl groups is 1. The Hall–Kier alpha value is -2.63. The number of piperidine rings is 1. The fraction of sp³-hybridized carbons (Fsp3) is 0.333. The standard InChI is InChI=1S/C24H24ClFN4O4S/c25-23-6-5-21(14-27-23)35(32,33)29-8-7-18-11-22-17(12-24(18,15-29)16-34-10-9-31)13-28-30(22)20-3-1-19(26)2-4-20/h1-6,11,13-14,31H,7-10,12,15-16H2. The highest BCUT2D eigenvalue weighted by atomic mass is 35.5. The summed E-state index contributed by atoms with van der Waals surface area (Å²) < 4.78 is 49.2. The molecule has 1 aliphatic heterocycles. The van der Waals surface area contributed by atoms with Crippen molar-refractivity contribution in [2.24, 2.45) is 5.41 Å². The van der Waals surface area contributed by atoms with Gasteiger partial charge in [0.2, 0.25) is 10.0 Å². The highest BCUT2D eigenvalue weighted by Gasteiger charge is 2.46. The van der Waals surface area contributed by atoms with Gasteiger partial charge >= 0.3 is 0 Å². The van der Waals surface area contributed by atoms with E-state index in [0.717, 1.165) is 22.5 Å². The molecule has 11 heteroatoms. The van der Waals surface area contributed by atoms with Crippen molar-refractivity contribution in [1.29, 1.82) is 0 Å². The van der Waals surface area contributed by atoms with Gasteiger partial charge in [-0.2, -0.15) is 9.40 Å². The molecule has 0 spiro atoms. The minimum absolute atomic E-state index is 0.0846. The van der Waals surface area contributed by atoms with Crippen molar-refractivity contribution in [2.75, 3.05) is 32.9 Å². The molecule has 1 atom stereocenters. The maximum atomic E-state index is 13.4. The van der Waals surface area contributed by atoms with Crippen LogP contribution in [0.4, 0.5) is 4.39 Å². The molecule has 0 amide bonds. The molecule has 1 saturated heterocycles. The molecule has 0 saturated carbocycles. The number of halogens is 2. The van der Waals surface area contributed by atoms with Gasteiger partial charge in [-0.05, 0) is 60.9 Å². The summed E-state index contributed by atoms with van der Waals surface area (Å²) in [6.45, 7) is 0.812. The Morgan fingerprint density at radius 3 is 2.69 bits per heavy atom. The normalized spacial score (nSPS) is 20.3. The molecule has 3 aromatic rings. The van der Waals surface area contributed by atoms with Crippen molar-refractivity contribution in [3.8, 4) is 5.69 Å². The van der Waals surface area contributed by atoms with E-state index in [9.17, 15) is 17.9 Å². The number of sulfonamides is 1. The van der Waals surface area contributed by atoms with Crippen LogP contribution in [0.5, 0.6) is 0 Å². The largest absolute Gasteiger partial charge is 0.394 e. The highest BCUT2D eigenvalue weighted by molar-refractivity contribution is 7.89. The molecular weight excluding hydrogens is 495 g/mol. The van der Waals surface area contributed by atoms with Gasteiger partial charge in [0.15, 0.2) is 0 Å². The molecule has 1 unspecified atom stereocenters. The molecule has 35 heavy (non-hydrogen) atoms. The zero-order chi connectivity index (χ0) is 24.6. The lowest BCUT2D eigenvalue weighted by Gasteiger charge is -2.45. The van der Waals surface area contributed by atoms with Crippen molar-refractivity contribution in [2.45, 2.75) is 17.7 Å². The van der Waals surface area contributed by atoms with Gasteiger partial charge < -0.3 is 9.84 Å². The Balaban J connectivity index is 1.50. The van der Waals surface area contributed by atoms with E-state index in [1.807, 2.05) is 6.08 Å². The Labute approximate surface area is 207 Å². The van der Waals surface area contributed by atoms with Crippen molar-refractivity contribution in [1.82, 2.24) is 19.1 Å². The van der Waals surface area contributed by atoms with E-state index < -0.39 is 15.4 Å². The van der Waals surface area contributed by atoms with E-state index in [1.54, 1.807) is 23.0 Å². The smallest absolute Gasteiger partial charge is 0.244 e. The van der Waals surface area contributed by atoms with Crippen molar-refractivity contribution in [3.63, 3.8) is 0 Å². The van der Waals surface area contributed by atoms with Gasteiger partial charge in [-0.1, -0.05) is 17.2 Å². The van der Waals surface area contributed by atoms with Crippen LogP contribution >= 0.6 is 11.6 Å². The third kappa shape index (κ3) is 4.52. The molecule has 1 aromatic carbocycles. The Bertz CT molecular complexity index is 1360. The van der Waals surface area contributed by atoms with Gasteiger partial charge in [-0.25, -0.2) is 22.5 Å². The molecule has 0 bridgehead atoms. The Kier molecular flexibility index (Phi) is 6.49. The molecule has 184 valence electrons. The SMILES string of the molecule is O=S(=O)(c1ccc(Cl)nc1)N1CCC2=Cc3c(cnn3-c3ccc(F)cc3)CC2(COCCO)C1. The Morgan fingerprint density at radius 1 is 1.17 bits per heavy atom. The van der Waals surface area contributed by atoms with Crippen molar-refractivity contribution >= 4 is 27.7 Å². The quantitative estimate of drug-likeness (QED) is 0.381. The zero-order valence-corrected chi connectivity index (χ0v) is 20.3.